The number of rotatable bonds is 3. The number of hydrogen-bond acceptors (Lipinski definition) is 4. The Morgan fingerprint density at radius 1 is 1.47 bits per heavy atom. The van der Waals surface area contributed by atoms with Crippen molar-refractivity contribution in [2.45, 2.75) is 12.5 Å². The minimum absolute atomic E-state index is 0.0728. The molecule has 0 radical (unpaired) electrons. The van der Waals surface area contributed by atoms with Gasteiger partial charge in [0.1, 0.15) is 16.3 Å². The molecule has 98 valence electrons. The maximum Gasteiger partial charge on any atom is 0.280 e. The number of aromatic amines is 1. The molecule has 1 aromatic carbocycles. The van der Waals surface area contributed by atoms with Gasteiger partial charge in [-0.25, -0.2) is 5.10 Å². The average Bonchev–Trinajstić information content (AvgIpc) is 2.83. The quantitative estimate of drug-likeness (QED) is 0.906. The number of H-pyrrole nitrogens is 1. The van der Waals surface area contributed by atoms with Gasteiger partial charge in [-0.3, -0.25) is 4.79 Å². The van der Waals surface area contributed by atoms with Crippen LogP contribution in [0.15, 0.2) is 39.7 Å². The highest BCUT2D eigenvalue weighted by atomic mass is 79.9. The van der Waals surface area contributed by atoms with E-state index in [1.165, 1.54) is 5.56 Å². The molecule has 1 atom stereocenters. The summed E-state index contributed by atoms with van der Waals surface area (Å²) >= 11 is 3.23. The summed E-state index contributed by atoms with van der Waals surface area (Å²) in [6.45, 7) is 0.623. The van der Waals surface area contributed by atoms with Crippen molar-refractivity contribution in [3.05, 3.63) is 50.9 Å². The fourth-order valence-corrected chi connectivity index (χ4v) is 2.43. The molecule has 5 nitrogen and oxygen atoms in total. The van der Waals surface area contributed by atoms with Gasteiger partial charge in [-0.1, -0.05) is 18.2 Å². The second-order valence-corrected chi connectivity index (χ2v) is 5.15. The molecule has 1 aromatic heterocycles. The average molecular weight is 322 g/mol. The van der Waals surface area contributed by atoms with E-state index >= 15 is 0 Å². The van der Waals surface area contributed by atoms with Crippen LogP contribution in [0.25, 0.3) is 0 Å². The van der Waals surface area contributed by atoms with Gasteiger partial charge in [0, 0.05) is 6.42 Å². The van der Waals surface area contributed by atoms with Gasteiger partial charge in [0.2, 0.25) is 0 Å². The van der Waals surface area contributed by atoms with E-state index in [1.54, 1.807) is 6.20 Å². The highest BCUT2D eigenvalue weighted by Gasteiger charge is 2.22. The van der Waals surface area contributed by atoms with E-state index in [1.807, 2.05) is 18.2 Å². The van der Waals surface area contributed by atoms with E-state index in [9.17, 15) is 4.79 Å². The van der Waals surface area contributed by atoms with Gasteiger partial charge in [-0.15, -0.1) is 0 Å². The Morgan fingerprint density at radius 3 is 3.16 bits per heavy atom. The number of aromatic nitrogens is 2. The van der Waals surface area contributed by atoms with Crippen LogP contribution >= 0.6 is 15.9 Å². The standard InChI is InChI=1S/C13H12BrN3O2/c14-12-10(7-16-17-13(12)18)15-6-9-5-8-3-1-2-4-11(8)19-9/h1-4,7,9H,5-6H2,(H2,15,17,18). The predicted molar refractivity (Wildman–Crippen MR) is 75.6 cm³/mol. The number of nitrogens with zero attached hydrogens (tertiary/aromatic N) is 1. The van der Waals surface area contributed by atoms with Gasteiger partial charge in [0.15, 0.2) is 0 Å². The first-order valence-corrected chi connectivity index (χ1v) is 6.75. The van der Waals surface area contributed by atoms with Crippen LogP contribution in [0.4, 0.5) is 5.69 Å². The number of ether oxygens (including phenoxy) is 1. The molecule has 2 N–H and O–H groups in total. The number of nitrogens with one attached hydrogen (secondary N) is 2. The molecule has 0 bridgehead atoms. The normalized spacial score (nSPS) is 16.8. The molecule has 19 heavy (non-hydrogen) atoms. The third kappa shape index (κ3) is 2.49. The zero-order chi connectivity index (χ0) is 13.2. The fraction of sp³-hybridized carbons (Fsp3) is 0.231. The van der Waals surface area contributed by atoms with Gasteiger partial charge in [0.25, 0.3) is 5.56 Å². The van der Waals surface area contributed by atoms with E-state index in [0.29, 0.717) is 16.7 Å². The van der Waals surface area contributed by atoms with Crippen molar-refractivity contribution in [1.29, 1.82) is 0 Å². The number of para-hydroxylation sites is 1. The molecule has 0 saturated heterocycles. The molecule has 0 spiro atoms. The first-order valence-electron chi connectivity index (χ1n) is 5.95. The van der Waals surface area contributed by atoms with E-state index in [4.69, 9.17) is 4.74 Å². The summed E-state index contributed by atoms with van der Waals surface area (Å²) in [4.78, 5) is 11.4. The van der Waals surface area contributed by atoms with Crippen LogP contribution in [0.3, 0.4) is 0 Å². The van der Waals surface area contributed by atoms with Crippen LogP contribution in [-0.2, 0) is 6.42 Å². The van der Waals surface area contributed by atoms with Gasteiger partial charge in [0.05, 0.1) is 18.4 Å². The Morgan fingerprint density at radius 2 is 2.32 bits per heavy atom. The lowest BCUT2D eigenvalue weighted by molar-refractivity contribution is 0.246. The molecule has 6 heteroatoms. The maximum absolute atomic E-state index is 11.4. The topological polar surface area (TPSA) is 67.0 Å². The van der Waals surface area contributed by atoms with Gasteiger partial charge >= 0.3 is 0 Å². The SMILES string of the molecule is O=c1[nH]ncc(NCC2Cc3ccccc3O2)c1Br. The van der Waals surface area contributed by atoms with Crippen molar-refractivity contribution in [2.75, 3.05) is 11.9 Å². The summed E-state index contributed by atoms with van der Waals surface area (Å²) in [7, 11) is 0. The van der Waals surface area contributed by atoms with Crippen LogP contribution in [0.5, 0.6) is 5.75 Å². The van der Waals surface area contributed by atoms with Gasteiger partial charge in [-0.05, 0) is 27.6 Å². The van der Waals surface area contributed by atoms with Crippen LogP contribution < -0.4 is 15.6 Å². The van der Waals surface area contributed by atoms with Crippen molar-refractivity contribution < 1.29 is 4.74 Å². The Labute approximate surface area is 118 Å². The van der Waals surface area contributed by atoms with E-state index in [0.717, 1.165) is 12.2 Å². The summed E-state index contributed by atoms with van der Waals surface area (Å²) in [6.07, 6.45) is 2.52. The zero-order valence-electron chi connectivity index (χ0n) is 10.0. The monoisotopic (exact) mass is 321 g/mol. The lowest BCUT2D eigenvalue weighted by Gasteiger charge is -2.13. The second kappa shape index (κ2) is 5.05. The summed E-state index contributed by atoms with van der Waals surface area (Å²) in [5, 5.41) is 9.29. The molecule has 0 amide bonds. The molecular formula is C13H12BrN3O2. The molecule has 0 saturated carbocycles. The molecule has 1 unspecified atom stereocenters. The molecule has 3 rings (SSSR count). The molecule has 1 aliphatic rings. The number of halogens is 1. The summed E-state index contributed by atoms with van der Waals surface area (Å²) in [6, 6.07) is 8.02. The molecular weight excluding hydrogens is 310 g/mol. The van der Waals surface area contributed by atoms with Crippen molar-refractivity contribution in [3.63, 3.8) is 0 Å². The van der Waals surface area contributed by atoms with Crippen molar-refractivity contribution in [2.24, 2.45) is 0 Å². The lowest BCUT2D eigenvalue weighted by Crippen LogP contribution is -2.25. The second-order valence-electron chi connectivity index (χ2n) is 4.36. The molecule has 0 fully saturated rings. The number of fused-ring (bicyclic) bond motifs is 1. The van der Waals surface area contributed by atoms with Gasteiger partial charge in [-0.2, -0.15) is 5.10 Å². The molecule has 2 aromatic rings. The Kier molecular flexibility index (Phi) is 3.25. The van der Waals surface area contributed by atoms with Crippen LogP contribution in [0.2, 0.25) is 0 Å². The van der Waals surface area contributed by atoms with Crippen molar-refractivity contribution >= 4 is 21.6 Å². The number of anilines is 1. The first-order chi connectivity index (χ1) is 9.24. The smallest absolute Gasteiger partial charge is 0.280 e. The minimum Gasteiger partial charge on any atom is -0.488 e. The van der Waals surface area contributed by atoms with E-state index in [-0.39, 0.29) is 11.7 Å². The number of benzene rings is 1. The van der Waals surface area contributed by atoms with Crippen LogP contribution in [0.1, 0.15) is 5.56 Å². The molecule has 0 aliphatic carbocycles. The van der Waals surface area contributed by atoms with Crippen LogP contribution in [-0.4, -0.2) is 22.8 Å². The summed E-state index contributed by atoms with van der Waals surface area (Å²) in [5.74, 6) is 0.942. The minimum atomic E-state index is -0.249. The third-order valence-corrected chi connectivity index (χ3v) is 3.82. The van der Waals surface area contributed by atoms with E-state index < -0.39 is 0 Å². The fourth-order valence-electron chi connectivity index (χ4n) is 2.10. The number of hydrogen-bond donors (Lipinski definition) is 2. The Hall–Kier alpha value is -1.82. The lowest BCUT2D eigenvalue weighted by atomic mass is 10.1. The summed E-state index contributed by atoms with van der Waals surface area (Å²) < 4.78 is 6.27. The van der Waals surface area contributed by atoms with E-state index in [2.05, 4.69) is 37.5 Å². The zero-order valence-corrected chi connectivity index (χ0v) is 11.6. The Bertz CT molecular complexity index is 631. The maximum atomic E-state index is 11.4. The molecule has 1 aliphatic heterocycles. The third-order valence-electron chi connectivity index (χ3n) is 3.03. The van der Waals surface area contributed by atoms with Gasteiger partial charge < -0.3 is 10.1 Å². The van der Waals surface area contributed by atoms with Crippen LogP contribution in [0, 0.1) is 0 Å². The highest BCUT2D eigenvalue weighted by molar-refractivity contribution is 9.10. The molecule has 2 heterocycles. The largest absolute Gasteiger partial charge is 0.488 e. The highest BCUT2D eigenvalue weighted by Crippen LogP contribution is 2.28. The van der Waals surface area contributed by atoms with Crippen molar-refractivity contribution in [1.82, 2.24) is 10.2 Å². The predicted octanol–water partition coefficient (Wildman–Crippen LogP) is 1.95. The Balaban J connectivity index is 1.66. The van der Waals surface area contributed by atoms with Crippen molar-refractivity contribution in [3.8, 4) is 5.75 Å². The first kappa shape index (κ1) is 12.2. The summed E-state index contributed by atoms with van der Waals surface area (Å²) in [5.41, 5.74) is 1.64.